The second-order valence-electron chi connectivity index (χ2n) is 4.62. The lowest BCUT2D eigenvalue weighted by Gasteiger charge is -2.19. The Bertz CT molecular complexity index is 495. The van der Waals surface area contributed by atoms with Crippen molar-refractivity contribution in [3.05, 3.63) is 36.2 Å². The largest absolute Gasteiger partial charge is 0.465 e. The fraction of sp³-hybridized carbons (Fsp3) is 0.400. The second-order valence-corrected chi connectivity index (χ2v) is 4.62. The predicted molar refractivity (Wildman–Crippen MR) is 74.6 cm³/mol. The van der Waals surface area contributed by atoms with E-state index in [0.717, 1.165) is 18.4 Å². The van der Waals surface area contributed by atoms with Gasteiger partial charge in [-0.1, -0.05) is 6.07 Å². The molecule has 0 unspecified atom stereocenters. The number of esters is 1. The lowest BCUT2D eigenvalue weighted by Crippen LogP contribution is -2.37. The predicted octanol–water partition coefficient (Wildman–Crippen LogP) is 1.65. The van der Waals surface area contributed by atoms with Crippen molar-refractivity contribution in [1.82, 2.24) is 9.88 Å². The van der Waals surface area contributed by atoms with Crippen LogP contribution in [0.25, 0.3) is 6.08 Å². The van der Waals surface area contributed by atoms with E-state index in [9.17, 15) is 9.59 Å². The van der Waals surface area contributed by atoms with E-state index in [1.807, 2.05) is 6.07 Å². The van der Waals surface area contributed by atoms with Gasteiger partial charge >= 0.3 is 5.97 Å². The minimum absolute atomic E-state index is 0.0225. The maximum Gasteiger partial charge on any atom is 0.325 e. The summed E-state index contributed by atoms with van der Waals surface area (Å²) in [5.74, 6) is -0.521. The monoisotopic (exact) mass is 274 g/mol. The van der Waals surface area contributed by atoms with Crippen LogP contribution in [0.1, 0.15) is 25.3 Å². The topological polar surface area (TPSA) is 59.5 Å². The van der Waals surface area contributed by atoms with Crippen LogP contribution in [0.3, 0.4) is 0 Å². The molecule has 1 fully saturated rings. The van der Waals surface area contributed by atoms with E-state index in [0.29, 0.717) is 6.61 Å². The molecule has 0 bridgehead atoms. The van der Waals surface area contributed by atoms with Crippen LogP contribution in [0.5, 0.6) is 0 Å². The summed E-state index contributed by atoms with van der Waals surface area (Å²) in [6.45, 7) is 2.11. The number of carbonyl (C=O) groups is 2. The van der Waals surface area contributed by atoms with Gasteiger partial charge in [-0.05, 0) is 37.5 Å². The van der Waals surface area contributed by atoms with E-state index in [1.165, 1.54) is 6.08 Å². The number of ether oxygens (including phenoxy) is 1. The van der Waals surface area contributed by atoms with Gasteiger partial charge < -0.3 is 9.64 Å². The maximum absolute atomic E-state index is 12.1. The molecule has 5 heteroatoms. The Morgan fingerprint density at radius 2 is 2.30 bits per heavy atom. The maximum atomic E-state index is 12.1. The standard InChI is InChI=1S/C15H18N2O3/c1-2-20-15(19)11-17(13-6-7-13)14(18)8-5-12-4-3-9-16-10-12/h3-5,8-10,13H,2,6-7,11H2,1H3. The van der Waals surface area contributed by atoms with Crippen LogP contribution in [-0.4, -0.2) is 41.0 Å². The molecule has 0 aromatic carbocycles. The van der Waals surface area contributed by atoms with E-state index < -0.39 is 0 Å². The lowest BCUT2D eigenvalue weighted by molar-refractivity contribution is -0.148. The number of hydrogen-bond donors (Lipinski definition) is 0. The number of amides is 1. The van der Waals surface area contributed by atoms with Crippen LogP contribution < -0.4 is 0 Å². The first-order valence-corrected chi connectivity index (χ1v) is 6.75. The van der Waals surface area contributed by atoms with Crippen molar-refractivity contribution in [2.75, 3.05) is 13.2 Å². The van der Waals surface area contributed by atoms with Gasteiger partial charge in [-0.3, -0.25) is 14.6 Å². The van der Waals surface area contributed by atoms with Gasteiger partial charge in [-0.15, -0.1) is 0 Å². The number of rotatable bonds is 6. The van der Waals surface area contributed by atoms with Crippen molar-refractivity contribution in [3.8, 4) is 0 Å². The van der Waals surface area contributed by atoms with Gasteiger partial charge in [0.25, 0.3) is 0 Å². The molecule has 1 heterocycles. The molecule has 0 N–H and O–H groups in total. The van der Waals surface area contributed by atoms with Crippen molar-refractivity contribution >= 4 is 18.0 Å². The smallest absolute Gasteiger partial charge is 0.325 e. The summed E-state index contributed by atoms with van der Waals surface area (Å²) in [6.07, 6.45) is 8.44. The van der Waals surface area contributed by atoms with Crippen LogP contribution in [-0.2, 0) is 14.3 Å². The third-order valence-corrected chi connectivity index (χ3v) is 2.98. The van der Waals surface area contributed by atoms with Crippen LogP contribution in [0, 0.1) is 0 Å². The minimum Gasteiger partial charge on any atom is -0.465 e. The van der Waals surface area contributed by atoms with Crippen LogP contribution in [0.4, 0.5) is 0 Å². The number of nitrogens with zero attached hydrogens (tertiary/aromatic N) is 2. The van der Waals surface area contributed by atoms with Crippen molar-refractivity contribution in [2.45, 2.75) is 25.8 Å². The molecule has 1 aliphatic carbocycles. The molecule has 0 radical (unpaired) electrons. The lowest BCUT2D eigenvalue weighted by atomic mass is 10.2. The summed E-state index contributed by atoms with van der Waals surface area (Å²) in [7, 11) is 0. The Kier molecular flexibility index (Phi) is 4.87. The normalized spacial score (nSPS) is 14.2. The van der Waals surface area contributed by atoms with E-state index in [-0.39, 0.29) is 24.5 Å². The van der Waals surface area contributed by atoms with Gasteiger partial charge in [0, 0.05) is 24.5 Å². The highest BCUT2D eigenvalue weighted by atomic mass is 16.5. The molecule has 0 atom stereocenters. The first-order chi connectivity index (χ1) is 9.70. The molecule has 1 aromatic heterocycles. The average Bonchev–Trinajstić information content (AvgIpc) is 3.28. The average molecular weight is 274 g/mol. The number of hydrogen-bond acceptors (Lipinski definition) is 4. The fourth-order valence-electron chi connectivity index (χ4n) is 1.86. The van der Waals surface area contributed by atoms with E-state index in [2.05, 4.69) is 4.98 Å². The molecule has 1 aliphatic rings. The fourth-order valence-corrected chi connectivity index (χ4v) is 1.86. The SMILES string of the molecule is CCOC(=O)CN(C(=O)C=Cc1cccnc1)C1CC1. The van der Waals surface area contributed by atoms with Gasteiger partial charge in [0.2, 0.25) is 5.91 Å². The molecular formula is C15H18N2O3. The summed E-state index contributed by atoms with van der Waals surface area (Å²) in [6, 6.07) is 3.84. The second kappa shape index (κ2) is 6.84. The molecule has 0 aliphatic heterocycles. The van der Waals surface area contributed by atoms with Crippen molar-refractivity contribution in [2.24, 2.45) is 0 Å². The molecule has 0 spiro atoms. The van der Waals surface area contributed by atoms with Gasteiger partial charge in [-0.2, -0.15) is 0 Å². The summed E-state index contributed by atoms with van der Waals surface area (Å²) >= 11 is 0. The van der Waals surface area contributed by atoms with Crippen LogP contribution in [0.15, 0.2) is 30.6 Å². The Morgan fingerprint density at radius 3 is 2.90 bits per heavy atom. The minimum atomic E-state index is -0.359. The Hall–Kier alpha value is -2.17. The van der Waals surface area contributed by atoms with Gasteiger partial charge in [0.1, 0.15) is 6.54 Å². The molecular weight excluding hydrogens is 256 g/mol. The zero-order valence-corrected chi connectivity index (χ0v) is 11.5. The van der Waals surface area contributed by atoms with Gasteiger partial charge in [-0.25, -0.2) is 0 Å². The molecule has 1 aromatic rings. The number of carbonyl (C=O) groups excluding carboxylic acids is 2. The third kappa shape index (κ3) is 4.19. The summed E-state index contributed by atoms with van der Waals surface area (Å²) < 4.78 is 4.90. The van der Waals surface area contributed by atoms with Crippen molar-refractivity contribution < 1.29 is 14.3 Å². The first kappa shape index (κ1) is 14.2. The van der Waals surface area contributed by atoms with Crippen LogP contribution >= 0.6 is 0 Å². The van der Waals surface area contributed by atoms with Crippen molar-refractivity contribution in [1.29, 1.82) is 0 Å². The molecule has 0 saturated heterocycles. The molecule has 5 nitrogen and oxygen atoms in total. The highest BCUT2D eigenvalue weighted by Gasteiger charge is 2.33. The summed E-state index contributed by atoms with van der Waals surface area (Å²) in [4.78, 5) is 29.2. The molecule has 2 rings (SSSR count). The van der Waals surface area contributed by atoms with Crippen molar-refractivity contribution in [3.63, 3.8) is 0 Å². The Morgan fingerprint density at radius 1 is 1.50 bits per heavy atom. The number of pyridine rings is 1. The molecule has 106 valence electrons. The Labute approximate surface area is 118 Å². The first-order valence-electron chi connectivity index (χ1n) is 6.75. The quantitative estimate of drug-likeness (QED) is 0.584. The molecule has 1 amide bonds. The van der Waals surface area contributed by atoms with E-state index >= 15 is 0 Å². The van der Waals surface area contributed by atoms with Gasteiger partial charge in [0.15, 0.2) is 0 Å². The van der Waals surface area contributed by atoms with E-state index in [4.69, 9.17) is 4.74 Å². The van der Waals surface area contributed by atoms with E-state index in [1.54, 1.807) is 36.4 Å². The van der Waals surface area contributed by atoms with Crippen LogP contribution in [0.2, 0.25) is 0 Å². The number of aromatic nitrogens is 1. The highest BCUT2D eigenvalue weighted by molar-refractivity contribution is 5.94. The zero-order chi connectivity index (χ0) is 14.4. The summed E-state index contributed by atoms with van der Waals surface area (Å²) in [5, 5.41) is 0. The molecule has 20 heavy (non-hydrogen) atoms. The Balaban J connectivity index is 1.97. The van der Waals surface area contributed by atoms with Gasteiger partial charge in [0.05, 0.1) is 6.61 Å². The zero-order valence-electron chi connectivity index (χ0n) is 11.5. The summed E-state index contributed by atoms with van der Waals surface area (Å²) in [5.41, 5.74) is 0.854. The molecule has 1 saturated carbocycles. The third-order valence-electron chi connectivity index (χ3n) is 2.98. The highest BCUT2D eigenvalue weighted by Crippen LogP contribution is 2.27.